The van der Waals surface area contributed by atoms with Gasteiger partial charge in [0.05, 0.1) is 27.4 Å². The Morgan fingerprint density at radius 2 is 1.74 bits per heavy atom. The third-order valence-electron chi connectivity index (χ3n) is 5.07. The van der Waals surface area contributed by atoms with Crippen molar-refractivity contribution in [3.05, 3.63) is 53.6 Å². The molecule has 1 heterocycles. The van der Waals surface area contributed by atoms with Crippen LogP contribution in [0.15, 0.2) is 42.5 Å². The Kier molecular flexibility index (Phi) is 5.86. The largest absolute Gasteiger partial charge is 0.496 e. The van der Waals surface area contributed by atoms with Crippen LogP contribution in [0.25, 0.3) is 0 Å². The van der Waals surface area contributed by atoms with Crippen LogP contribution in [0.5, 0.6) is 17.2 Å². The number of hydrogen-bond acceptors (Lipinski definition) is 5. The molecule has 2 atom stereocenters. The average Bonchev–Trinajstić information content (AvgIpc) is 3.18. The van der Waals surface area contributed by atoms with E-state index in [0.29, 0.717) is 24.5 Å². The minimum atomic E-state index is -0.798. The van der Waals surface area contributed by atoms with Gasteiger partial charge in [-0.1, -0.05) is 24.3 Å². The van der Waals surface area contributed by atoms with E-state index in [4.69, 9.17) is 14.2 Å². The summed E-state index contributed by atoms with van der Waals surface area (Å²) in [5.41, 5.74) is 1.87. The molecule has 1 fully saturated rings. The Hall–Kier alpha value is -2.73. The molecule has 1 N–H and O–H groups in total. The first-order valence-corrected chi connectivity index (χ1v) is 8.94. The molecule has 0 amide bonds. The van der Waals surface area contributed by atoms with Crippen molar-refractivity contribution in [1.82, 2.24) is 4.90 Å². The summed E-state index contributed by atoms with van der Waals surface area (Å²) in [5, 5.41) is 9.72. The zero-order chi connectivity index (χ0) is 19.4. The highest BCUT2D eigenvalue weighted by Crippen LogP contribution is 2.41. The summed E-state index contributed by atoms with van der Waals surface area (Å²) in [6.45, 7) is 0.702. The molecule has 1 aliphatic heterocycles. The van der Waals surface area contributed by atoms with Gasteiger partial charge < -0.3 is 19.3 Å². The molecule has 3 rings (SSSR count). The van der Waals surface area contributed by atoms with Crippen LogP contribution in [-0.2, 0) is 4.79 Å². The van der Waals surface area contributed by atoms with E-state index in [-0.39, 0.29) is 6.04 Å². The highest BCUT2D eigenvalue weighted by molar-refractivity contribution is 5.74. The first-order chi connectivity index (χ1) is 13.1. The smallest absolute Gasteiger partial charge is 0.320 e. The SMILES string of the molecule is COc1ccc(C(c2ccccc2OC)N2CCCC2C(=O)O)cc1OC. The van der Waals surface area contributed by atoms with Crippen molar-refractivity contribution in [2.24, 2.45) is 0 Å². The zero-order valence-corrected chi connectivity index (χ0v) is 15.8. The van der Waals surface area contributed by atoms with Gasteiger partial charge in [0.2, 0.25) is 0 Å². The second-order valence-electron chi connectivity index (χ2n) is 6.49. The number of para-hydroxylation sites is 1. The van der Waals surface area contributed by atoms with Gasteiger partial charge in [-0.25, -0.2) is 0 Å². The van der Waals surface area contributed by atoms with Crippen LogP contribution in [0.4, 0.5) is 0 Å². The van der Waals surface area contributed by atoms with E-state index in [0.717, 1.165) is 23.3 Å². The van der Waals surface area contributed by atoms with Gasteiger partial charge in [-0.15, -0.1) is 0 Å². The first-order valence-electron chi connectivity index (χ1n) is 8.94. The van der Waals surface area contributed by atoms with E-state index in [1.807, 2.05) is 47.4 Å². The standard InChI is InChI=1S/C21H25NO5/c1-25-17-9-5-4-7-15(17)20(22-12-6-8-16(22)21(23)24)14-10-11-18(26-2)19(13-14)27-3/h4-5,7,9-11,13,16,20H,6,8,12H2,1-3H3,(H,23,24). The molecular weight excluding hydrogens is 346 g/mol. The maximum atomic E-state index is 11.8. The van der Waals surface area contributed by atoms with Crippen LogP contribution in [0.3, 0.4) is 0 Å². The number of nitrogens with zero attached hydrogens (tertiary/aromatic N) is 1. The second kappa shape index (κ2) is 8.31. The average molecular weight is 371 g/mol. The Labute approximate surface area is 159 Å². The number of benzene rings is 2. The predicted molar refractivity (Wildman–Crippen MR) is 102 cm³/mol. The third-order valence-corrected chi connectivity index (χ3v) is 5.07. The van der Waals surface area contributed by atoms with Crippen LogP contribution in [0.2, 0.25) is 0 Å². The summed E-state index contributed by atoms with van der Waals surface area (Å²) in [7, 11) is 4.81. The molecule has 0 aromatic heterocycles. The molecule has 1 saturated heterocycles. The monoisotopic (exact) mass is 371 g/mol. The van der Waals surface area contributed by atoms with E-state index < -0.39 is 12.0 Å². The third kappa shape index (κ3) is 3.71. The topological polar surface area (TPSA) is 68.2 Å². The molecule has 0 saturated carbocycles. The van der Waals surface area contributed by atoms with Crippen LogP contribution in [-0.4, -0.2) is 49.9 Å². The van der Waals surface area contributed by atoms with Gasteiger partial charge in [-0.3, -0.25) is 9.69 Å². The van der Waals surface area contributed by atoms with Gasteiger partial charge in [0.15, 0.2) is 11.5 Å². The van der Waals surface area contributed by atoms with Crippen LogP contribution in [0.1, 0.15) is 30.0 Å². The molecule has 0 aliphatic carbocycles. The molecule has 0 spiro atoms. The predicted octanol–water partition coefficient (Wildman–Crippen LogP) is 3.35. The summed E-state index contributed by atoms with van der Waals surface area (Å²) in [6, 6.07) is 12.7. The number of carboxylic acid groups (broad SMARTS) is 1. The first kappa shape index (κ1) is 19.0. The van der Waals surface area contributed by atoms with Crippen LogP contribution < -0.4 is 14.2 Å². The maximum Gasteiger partial charge on any atom is 0.320 e. The summed E-state index contributed by atoms with van der Waals surface area (Å²) < 4.78 is 16.4. The number of rotatable bonds is 7. The normalized spacial score (nSPS) is 18.1. The van der Waals surface area contributed by atoms with Crippen molar-refractivity contribution in [1.29, 1.82) is 0 Å². The van der Waals surface area contributed by atoms with E-state index in [1.54, 1.807) is 21.3 Å². The van der Waals surface area contributed by atoms with Crippen molar-refractivity contribution >= 4 is 5.97 Å². The minimum absolute atomic E-state index is 0.260. The lowest BCUT2D eigenvalue weighted by Crippen LogP contribution is -2.39. The molecule has 1 aliphatic rings. The van der Waals surface area contributed by atoms with Crippen molar-refractivity contribution < 1.29 is 24.1 Å². The summed E-state index contributed by atoms with van der Waals surface area (Å²) in [4.78, 5) is 13.9. The maximum absolute atomic E-state index is 11.8. The zero-order valence-electron chi connectivity index (χ0n) is 15.8. The number of likely N-dealkylation sites (tertiary alicyclic amines) is 1. The van der Waals surface area contributed by atoms with Crippen molar-refractivity contribution in [2.75, 3.05) is 27.9 Å². The number of carboxylic acids is 1. The Bertz CT molecular complexity index is 807. The van der Waals surface area contributed by atoms with Crippen molar-refractivity contribution in [3.8, 4) is 17.2 Å². The fourth-order valence-electron chi connectivity index (χ4n) is 3.83. The molecule has 27 heavy (non-hydrogen) atoms. The lowest BCUT2D eigenvalue weighted by molar-refractivity contribution is -0.142. The number of aliphatic carboxylic acids is 1. The van der Waals surface area contributed by atoms with Crippen molar-refractivity contribution in [2.45, 2.75) is 24.9 Å². The highest BCUT2D eigenvalue weighted by Gasteiger charge is 2.38. The molecule has 6 nitrogen and oxygen atoms in total. The molecule has 0 radical (unpaired) electrons. The van der Waals surface area contributed by atoms with Gasteiger partial charge in [0, 0.05) is 12.1 Å². The Morgan fingerprint density at radius 1 is 1.04 bits per heavy atom. The van der Waals surface area contributed by atoms with Gasteiger partial charge in [-0.2, -0.15) is 0 Å². The van der Waals surface area contributed by atoms with Gasteiger partial charge in [-0.05, 0) is 36.6 Å². The number of hydrogen-bond donors (Lipinski definition) is 1. The van der Waals surface area contributed by atoms with Gasteiger partial charge in [0.1, 0.15) is 11.8 Å². The van der Waals surface area contributed by atoms with E-state index >= 15 is 0 Å². The Balaban J connectivity index is 2.14. The fraction of sp³-hybridized carbons (Fsp3) is 0.381. The molecule has 2 aromatic rings. The van der Waals surface area contributed by atoms with E-state index in [2.05, 4.69) is 0 Å². The number of carbonyl (C=O) groups is 1. The number of ether oxygens (including phenoxy) is 3. The quantitative estimate of drug-likeness (QED) is 0.805. The minimum Gasteiger partial charge on any atom is -0.496 e. The van der Waals surface area contributed by atoms with Crippen molar-refractivity contribution in [3.63, 3.8) is 0 Å². The van der Waals surface area contributed by atoms with Crippen LogP contribution in [0, 0.1) is 0 Å². The molecule has 144 valence electrons. The summed E-state index contributed by atoms with van der Waals surface area (Å²) in [6.07, 6.45) is 1.48. The molecule has 0 bridgehead atoms. The summed E-state index contributed by atoms with van der Waals surface area (Å²) in [5.74, 6) is 1.18. The molecule has 6 heteroatoms. The van der Waals surface area contributed by atoms with Gasteiger partial charge in [0.25, 0.3) is 0 Å². The lowest BCUT2D eigenvalue weighted by atomic mass is 9.95. The molecule has 2 aromatic carbocycles. The number of methoxy groups -OCH3 is 3. The fourth-order valence-corrected chi connectivity index (χ4v) is 3.83. The highest BCUT2D eigenvalue weighted by atomic mass is 16.5. The van der Waals surface area contributed by atoms with E-state index in [1.165, 1.54) is 0 Å². The lowest BCUT2D eigenvalue weighted by Gasteiger charge is -2.33. The molecule has 2 unspecified atom stereocenters. The van der Waals surface area contributed by atoms with E-state index in [9.17, 15) is 9.90 Å². The summed E-state index contributed by atoms with van der Waals surface area (Å²) >= 11 is 0. The Morgan fingerprint density at radius 3 is 2.41 bits per heavy atom. The van der Waals surface area contributed by atoms with Crippen LogP contribution >= 0.6 is 0 Å². The molecular formula is C21H25NO5. The second-order valence-corrected chi connectivity index (χ2v) is 6.49. The van der Waals surface area contributed by atoms with Gasteiger partial charge >= 0.3 is 5.97 Å².